The van der Waals surface area contributed by atoms with Gasteiger partial charge in [0, 0.05) is 11.5 Å². The Balaban J connectivity index is 2.11. The number of nitrogens with zero attached hydrogens (tertiary/aromatic N) is 2. The number of carbonyl (C=O) groups excluding carboxylic acids is 1. The van der Waals surface area contributed by atoms with Crippen LogP contribution in [0.1, 0.15) is 21.5 Å². The molecule has 0 spiro atoms. The first-order valence-corrected chi connectivity index (χ1v) is 7.78. The lowest BCUT2D eigenvalue weighted by atomic mass is 10.1. The predicted octanol–water partition coefficient (Wildman–Crippen LogP) is 4.32. The first-order chi connectivity index (χ1) is 12.4. The number of ether oxygens (including phenoxy) is 1. The van der Waals surface area contributed by atoms with E-state index >= 15 is 0 Å². The van der Waals surface area contributed by atoms with E-state index in [9.17, 15) is 14.7 Å². The van der Waals surface area contributed by atoms with E-state index in [4.69, 9.17) is 9.15 Å². The zero-order valence-corrected chi connectivity index (χ0v) is 14.4. The SMILES string of the molecule is COC(=O)c1cc(C)ccc1N=Nc1c(C)c2ccc(O)cc2oc1=O. The lowest BCUT2D eigenvalue weighted by Gasteiger charge is -2.05. The molecule has 0 aliphatic heterocycles. The Kier molecular flexibility index (Phi) is 4.53. The molecule has 1 N–H and O–H groups in total. The molecule has 132 valence electrons. The summed E-state index contributed by atoms with van der Waals surface area (Å²) >= 11 is 0. The Morgan fingerprint density at radius 2 is 1.88 bits per heavy atom. The lowest BCUT2D eigenvalue weighted by Crippen LogP contribution is -2.02. The van der Waals surface area contributed by atoms with Gasteiger partial charge in [-0.25, -0.2) is 9.59 Å². The number of hydrogen-bond donors (Lipinski definition) is 1. The van der Waals surface area contributed by atoms with Crippen LogP contribution in [-0.2, 0) is 4.74 Å². The molecule has 0 saturated heterocycles. The molecule has 1 aromatic heterocycles. The summed E-state index contributed by atoms with van der Waals surface area (Å²) in [6.45, 7) is 3.55. The van der Waals surface area contributed by atoms with Crippen LogP contribution in [0.25, 0.3) is 11.0 Å². The number of hydrogen-bond acceptors (Lipinski definition) is 7. The van der Waals surface area contributed by atoms with Gasteiger partial charge in [0.1, 0.15) is 17.0 Å². The molecule has 7 heteroatoms. The Labute approximate surface area is 148 Å². The van der Waals surface area contributed by atoms with Crippen LogP contribution in [0.4, 0.5) is 11.4 Å². The van der Waals surface area contributed by atoms with Gasteiger partial charge in [0.2, 0.25) is 0 Å². The third-order valence-corrected chi connectivity index (χ3v) is 3.94. The van der Waals surface area contributed by atoms with Gasteiger partial charge in [-0.1, -0.05) is 11.6 Å². The Hall–Kier alpha value is -3.48. The van der Waals surface area contributed by atoms with Crippen molar-refractivity contribution in [1.29, 1.82) is 0 Å². The molecule has 0 atom stereocenters. The highest BCUT2D eigenvalue weighted by atomic mass is 16.5. The minimum absolute atomic E-state index is 0.00296. The van der Waals surface area contributed by atoms with Gasteiger partial charge in [0.25, 0.3) is 0 Å². The number of rotatable bonds is 3. The third-order valence-electron chi connectivity index (χ3n) is 3.94. The summed E-state index contributed by atoms with van der Waals surface area (Å²) in [7, 11) is 1.28. The summed E-state index contributed by atoms with van der Waals surface area (Å²) < 4.78 is 9.96. The van der Waals surface area contributed by atoms with Crippen molar-refractivity contribution in [1.82, 2.24) is 0 Å². The molecule has 0 amide bonds. The van der Waals surface area contributed by atoms with Crippen molar-refractivity contribution in [2.75, 3.05) is 7.11 Å². The number of aromatic hydroxyl groups is 1. The molecule has 2 aromatic carbocycles. The summed E-state index contributed by atoms with van der Waals surface area (Å²) in [6, 6.07) is 9.53. The molecule has 26 heavy (non-hydrogen) atoms. The first-order valence-electron chi connectivity index (χ1n) is 7.78. The molecule has 0 aliphatic rings. The average molecular weight is 352 g/mol. The molecule has 0 radical (unpaired) electrons. The fraction of sp³-hybridized carbons (Fsp3) is 0.158. The van der Waals surface area contributed by atoms with Crippen molar-refractivity contribution in [3.05, 3.63) is 63.5 Å². The minimum atomic E-state index is -0.684. The van der Waals surface area contributed by atoms with Gasteiger partial charge in [-0.15, -0.1) is 10.2 Å². The maximum Gasteiger partial charge on any atom is 0.364 e. The number of carbonyl (C=O) groups is 1. The second kappa shape index (κ2) is 6.79. The molecule has 1 heterocycles. The van der Waals surface area contributed by atoms with Crippen LogP contribution in [0.2, 0.25) is 0 Å². The highest BCUT2D eigenvalue weighted by Crippen LogP contribution is 2.29. The topological polar surface area (TPSA) is 101 Å². The van der Waals surface area contributed by atoms with E-state index in [0.717, 1.165) is 5.56 Å². The number of methoxy groups -OCH3 is 1. The van der Waals surface area contributed by atoms with Gasteiger partial charge in [-0.05, 0) is 43.7 Å². The Bertz CT molecular complexity index is 1100. The molecule has 0 unspecified atom stereocenters. The van der Waals surface area contributed by atoms with E-state index in [1.165, 1.54) is 19.2 Å². The van der Waals surface area contributed by atoms with Crippen molar-refractivity contribution in [3.63, 3.8) is 0 Å². The monoisotopic (exact) mass is 352 g/mol. The zero-order chi connectivity index (χ0) is 18.8. The maximum absolute atomic E-state index is 12.2. The number of fused-ring (bicyclic) bond motifs is 1. The van der Waals surface area contributed by atoms with E-state index in [1.807, 2.05) is 6.92 Å². The third kappa shape index (κ3) is 3.19. The highest BCUT2D eigenvalue weighted by Gasteiger charge is 2.14. The van der Waals surface area contributed by atoms with E-state index in [0.29, 0.717) is 10.9 Å². The molecule has 0 bridgehead atoms. The number of phenols is 1. The number of aryl methyl sites for hydroxylation is 2. The van der Waals surface area contributed by atoms with Gasteiger partial charge in [-0.3, -0.25) is 0 Å². The first kappa shape index (κ1) is 17.3. The van der Waals surface area contributed by atoms with Gasteiger partial charge in [0.05, 0.1) is 12.7 Å². The predicted molar refractivity (Wildman–Crippen MR) is 95.6 cm³/mol. The van der Waals surface area contributed by atoms with Crippen molar-refractivity contribution >= 4 is 28.3 Å². The highest BCUT2D eigenvalue weighted by molar-refractivity contribution is 5.95. The molecule has 0 fully saturated rings. The molecule has 0 aliphatic carbocycles. The summed E-state index contributed by atoms with van der Waals surface area (Å²) in [6.07, 6.45) is 0. The minimum Gasteiger partial charge on any atom is -0.508 e. The number of azo groups is 1. The molecular weight excluding hydrogens is 336 g/mol. The van der Waals surface area contributed by atoms with Crippen LogP contribution in [0, 0.1) is 13.8 Å². The standard InChI is InChI=1S/C19H16N2O5/c1-10-4-7-15(14(8-10)18(23)25-3)20-21-17-11(2)13-6-5-12(22)9-16(13)26-19(17)24/h4-9,22H,1-3H3. The number of phenolic OH excluding ortho intramolecular Hbond substituents is 1. The van der Waals surface area contributed by atoms with Crippen LogP contribution in [-0.4, -0.2) is 18.2 Å². The quantitative estimate of drug-likeness (QED) is 0.430. The van der Waals surface area contributed by atoms with Crippen LogP contribution < -0.4 is 5.63 Å². The largest absolute Gasteiger partial charge is 0.508 e. The molecular formula is C19H16N2O5. The molecule has 3 aromatic rings. The van der Waals surface area contributed by atoms with Crippen LogP contribution in [0.3, 0.4) is 0 Å². The number of esters is 1. The Morgan fingerprint density at radius 1 is 1.12 bits per heavy atom. The van der Waals surface area contributed by atoms with E-state index < -0.39 is 11.6 Å². The smallest absolute Gasteiger partial charge is 0.364 e. The Morgan fingerprint density at radius 3 is 2.62 bits per heavy atom. The average Bonchev–Trinajstić information content (AvgIpc) is 2.61. The van der Waals surface area contributed by atoms with Crippen molar-refractivity contribution in [3.8, 4) is 5.75 Å². The fourth-order valence-corrected chi connectivity index (χ4v) is 2.56. The second-order valence-corrected chi connectivity index (χ2v) is 5.76. The van der Waals surface area contributed by atoms with Crippen molar-refractivity contribution in [2.45, 2.75) is 13.8 Å². The maximum atomic E-state index is 12.2. The van der Waals surface area contributed by atoms with Gasteiger partial charge < -0.3 is 14.3 Å². The van der Waals surface area contributed by atoms with E-state index in [-0.39, 0.29) is 28.3 Å². The second-order valence-electron chi connectivity index (χ2n) is 5.76. The summed E-state index contributed by atoms with van der Waals surface area (Å²) in [5.41, 5.74) is 1.57. The molecule has 7 nitrogen and oxygen atoms in total. The van der Waals surface area contributed by atoms with Crippen molar-refractivity contribution in [2.24, 2.45) is 10.2 Å². The van der Waals surface area contributed by atoms with Crippen LogP contribution in [0.5, 0.6) is 5.75 Å². The lowest BCUT2D eigenvalue weighted by molar-refractivity contribution is 0.0601. The molecule has 0 saturated carbocycles. The van der Waals surface area contributed by atoms with Crippen LogP contribution in [0.15, 0.2) is 55.8 Å². The fourth-order valence-electron chi connectivity index (χ4n) is 2.56. The normalized spacial score (nSPS) is 11.2. The summed E-state index contributed by atoms with van der Waals surface area (Å²) in [5.74, 6) is -0.544. The van der Waals surface area contributed by atoms with Gasteiger partial charge >= 0.3 is 11.6 Å². The van der Waals surface area contributed by atoms with E-state index in [2.05, 4.69) is 10.2 Å². The summed E-state index contributed by atoms with van der Waals surface area (Å²) in [5, 5.41) is 18.2. The van der Waals surface area contributed by atoms with Crippen molar-refractivity contribution < 1.29 is 19.1 Å². The van der Waals surface area contributed by atoms with Gasteiger partial charge in [-0.2, -0.15) is 0 Å². The number of benzene rings is 2. The van der Waals surface area contributed by atoms with E-state index in [1.54, 1.807) is 31.2 Å². The molecule has 3 rings (SSSR count). The van der Waals surface area contributed by atoms with Gasteiger partial charge in [0.15, 0.2) is 5.69 Å². The van der Waals surface area contributed by atoms with Crippen LogP contribution >= 0.6 is 0 Å². The summed E-state index contributed by atoms with van der Waals surface area (Å²) in [4.78, 5) is 24.1. The zero-order valence-electron chi connectivity index (χ0n) is 14.4.